The summed E-state index contributed by atoms with van der Waals surface area (Å²) in [6, 6.07) is 43.0. The molecule has 1 aliphatic carbocycles. The molecule has 0 fully saturated rings. The topological polar surface area (TPSA) is 20.2 Å². The van der Waals surface area contributed by atoms with Crippen molar-refractivity contribution in [1.82, 2.24) is 0 Å². The molecule has 1 nitrogen and oxygen atoms in total. The molecule has 0 aromatic heterocycles. The van der Waals surface area contributed by atoms with Crippen LogP contribution >= 0.6 is 0 Å². The predicted octanol–water partition coefficient (Wildman–Crippen LogP) is 8.70. The number of aromatic hydroxyl groups is 1. The first-order valence-electron chi connectivity index (χ1n) is 12.1. The SMILES string of the molecule is CC1(c2ccccc2)c2ccccc2-c2cccc3ccc(-c4cccc5cc(O)ccc45)c1c23. The average Bonchev–Trinajstić information content (AvgIpc) is 2.91. The third kappa shape index (κ3) is 2.76. The van der Waals surface area contributed by atoms with Gasteiger partial charge < -0.3 is 5.11 Å². The Morgan fingerprint density at radius 2 is 1.26 bits per heavy atom. The average molecular weight is 449 g/mol. The molecule has 7 rings (SSSR count). The molecule has 1 unspecified atom stereocenters. The molecule has 0 saturated carbocycles. The van der Waals surface area contributed by atoms with Crippen LogP contribution in [0.5, 0.6) is 5.75 Å². The van der Waals surface area contributed by atoms with Crippen LogP contribution in [0.2, 0.25) is 0 Å². The van der Waals surface area contributed by atoms with Gasteiger partial charge in [-0.25, -0.2) is 0 Å². The summed E-state index contributed by atoms with van der Waals surface area (Å²) < 4.78 is 0. The van der Waals surface area contributed by atoms with Gasteiger partial charge in [0.25, 0.3) is 0 Å². The number of rotatable bonds is 2. The fourth-order valence-electron chi connectivity index (χ4n) is 6.21. The zero-order chi connectivity index (χ0) is 23.6. The minimum atomic E-state index is -0.333. The molecule has 6 aromatic rings. The number of phenolic OH excluding ortho intramolecular Hbond substituents is 1. The lowest BCUT2D eigenvalue weighted by Gasteiger charge is -2.40. The molecule has 1 N–H and O–H groups in total. The van der Waals surface area contributed by atoms with Crippen molar-refractivity contribution >= 4 is 21.5 Å². The van der Waals surface area contributed by atoms with E-state index in [-0.39, 0.29) is 5.41 Å². The fraction of sp³-hybridized carbons (Fsp3) is 0.0588. The van der Waals surface area contributed by atoms with Crippen molar-refractivity contribution in [3.8, 4) is 28.0 Å². The molecule has 0 aliphatic heterocycles. The van der Waals surface area contributed by atoms with Crippen LogP contribution in [-0.2, 0) is 5.41 Å². The van der Waals surface area contributed by atoms with Gasteiger partial charge in [-0.15, -0.1) is 0 Å². The molecular formula is C34H24O. The highest BCUT2D eigenvalue weighted by molar-refractivity contribution is 6.09. The normalized spacial score (nSPS) is 16.4. The summed E-state index contributed by atoms with van der Waals surface area (Å²) in [5, 5.41) is 14.9. The van der Waals surface area contributed by atoms with Gasteiger partial charge in [0, 0.05) is 5.41 Å². The van der Waals surface area contributed by atoms with E-state index in [2.05, 4.69) is 110 Å². The Morgan fingerprint density at radius 3 is 2.11 bits per heavy atom. The van der Waals surface area contributed by atoms with Gasteiger partial charge >= 0.3 is 0 Å². The van der Waals surface area contributed by atoms with Crippen molar-refractivity contribution in [3.63, 3.8) is 0 Å². The van der Waals surface area contributed by atoms with Crippen molar-refractivity contribution in [1.29, 1.82) is 0 Å². The standard InChI is InChI=1S/C34H24O/c1-34(24-11-3-2-4-12-24)31-16-6-5-13-28(31)29-15-7-9-22-17-19-30(33(34)32(22)29)27-14-8-10-23-21-25(35)18-20-26(23)27/h2-21,35H,1H3. The van der Waals surface area contributed by atoms with Crippen LogP contribution in [-0.4, -0.2) is 5.11 Å². The van der Waals surface area contributed by atoms with Gasteiger partial charge in [-0.2, -0.15) is 0 Å². The van der Waals surface area contributed by atoms with Gasteiger partial charge in [0.15, 0.2) is 0 Å². The monoisotopic (exact) mass is 448 g/mol. The minimum Gasteiger partial charge on any atom is -0.508 e. The van der Waals surface area contributed by atoms with E-state index in [0.29, 0.717) is 5.75 Å². The van der Waals surface area contributed by atoms with E-state index in [1.165, 1.54) is 49.7 Å². The first-order valence-corrected chi connectivity index (χ1v) is 12.1. The Labute approximate surface area is 204 Å². The maximum Gasteiger partial charge on any atom is 0.116 e. The van der Waals surface area contributed by atoms with Gasteiger partial charge in [-0.3, -0.25) is 0 Å². The number of benzene rings is 6. The molecule has 0 heterocycles. The van der Waals surface area contributed by atoms with Crippen molar-refractivity contribution in [3.05, 3.63) is 138 Å². The fourth-order valence-corrected chi connectivity index (χ4v) is 6.21. The Hall–Kier alpha value is -4.36. The summed E-state index contributed by atoms with van der Waals surface area (Å²) in [6.45, 7) is 2.38. The largest absolute Gasteiger partial charge is 0.508 e. The van der Waals surface area contributed by atoms with Crippen LogP contribution in [0.3, 0.4) is 0 Å². The third-order valence-electron chi connectivity index (χ3n) is 7.81. The quantitative estimate of drug-likeness (QED) is 0.281. The Kier molecular flexibility index (Phi) is 4.19. The van der Waals surface area contributed by atoms with Gasteiger partial charge in [0.2, 0.25) is 0 Å². The molecular weight excluding hydrogens is 424 g/mol. The number of hydrogen-bond acceptors (Lipinski definition) is 1. The highest BCUT2D eigenvalue weighted by Gasteiger charge is 2.40. The molecule has 35 heavy (non-hydrogen) atoms. The highest BCUT2D eigenvalue weighted by atomic mass is 16.3. The van der Waals surface area contributed by atoms with Crippen LogP contribution in [0.4, 0.5) is 0 Å². The van der Waals surface area contributed by atoms with Crippen molar-refractivity contribution in [2.24, 2.45) is 0 Å². The summed E-state index contributed by atoms with van der Waals surface area (Å²) >= 11 is 0. The summed E-state index contributed by atoms with van der Waals surface area (Å²) in [5.74, 6) is 0.292. The molecule has 1 atom stereocenters. The first kappa shape index (κ1) is 20.1. The van der Waals surface area contributed by atoms with Gasteiger partial charge in [0.05, 0.1) is 0 Å². The zero-order valence-corrected chi connectivity index (χ0v) is 19.5. The Balaban J connectivity index is 1.69. The van der Waals surface area contributed by atoms with Crippen molar-refractivity contribution < 1.29 is 5.11 Å². The smallest absolute Gasteiger partial charge is 0.116 e. The lowest BCUT2D eigenvalue weighted by atomic mass is 9.62. The van der Waals surface area contributed by atoms with E-state index < -0.39 is 0 Å². The Bertz CT molecular complexity index is 1760. The molecule has 1 heteroatoms. The van der Waals surface area contributed by atoms with Crippen LogP contribution < -0.4 is 0 Å². The molecule has 0 spiro atoms. The second-order valence-corrected chi connectivity index (χ2v) is 9.64. The molecule has 1 aliphatic rings. The lowest BCUT2D eigenvalue weighted by Crippen LogP contribution is -2.29. The van der Waals surface area contributed by atoms with E-state index in [1.807, 2.05) is 12.1 Å². The van der Waals surface area contributed by atoms with E-state index in [4.69, 9.17) is 0 Å². The third-order valence-corrected chi connectivity index (χ3v) is 7.81. The molecule has 0 radical (unpaired) electrons. The predicted molar refractivity (Wildman–Crippen MR) is 146 cm³/mol. The molecule has 0 amide bonds. The van der Waals surface area contributed by atoms with Crippen molar-refractivity contribution in [2.75, 3.05) is 0 Å². The van der Waals surface area contributed by atoms with Gasteiger partial charge in [-0.05, 0) is 79.5 Å². The van der Waals surface area contributed by atoms with Crippen LogP contribution in [0, 0.1) is 0 Å². The summed E-state index contributed by atoms with van der Waals surface area (Å²) in [6.07, 6.45) is 0. The molecule has 166 valence electrons. The van der Waals surface area contributed by atoms with Crippen LogP contribution in [0.25, 0.3) is 43.8 Å². The van der Waals surface area contributed by atoms with Crippen LogP contribution in [0.15, 0.2) is 121 Å². The zero-order valence-electron chi connectivity index (χ0n) is 19.5. The van der Waals surface area contributed by atoms with Crippen molar-refractivity contribution in [2.45, 2.75) is 12.3 Å². The van der Waals surface area contributed by atoms with E-state index in [0.717, 1.165) is 10.8 Å². The van der Waals surface area contributed by atoms with E-state index >= 15 is 0 Å². The highest BCUT2D eigenvalue weighted by Crippen LogP contribution is 2.55. The van der Waals surface area contributed by atoms with E-state index in [1.54, 1.807) is 6.07 Å². The van der Waals surface area contributed by atoms with Crippen LogP contribution in [0.1, 0.15) is 23.6 Å². The maximum atomic E-state index is 10.1. The van der Waals surface area contributed by atoms with Gasteiger partial charge in [-0.1, -0.05) is 109 Å². The maximum absolute atomic E-state index is 10.1. The summed E-state index contributed by atoms with van der Waals surface area (Å²) in [4.78, 5) is 0. The Morgan fingerprint density at radius 1 is 0.543 bits per heavy atom. The lowest BCUT2D eigenvalue weighted by molar-refractivity contribution is 0.476. The summed E-state index contributed by atoms with van der Waals surface area (Å²) in [7, 11) is 0. The minimum absolute atomic E-state index is 0.292. The molecule has 0 bridgehead atoms. The number of phenols is 1. The summed E-state index contributed by atoms with van der Waals surface area (Å²) in [5.41, 5.74) is 8.65. The number of hydrogen-bond donors (Lipinski definition) is 1. The van der Waals surface area contributed by atoms with Gasteiger partial charge in [0.1, 0.15) is 5.75 Å². The van der Waals surface area contributed by atoms with E-state index in [9.17, 15) is 5.11 Å². The number of fused-ring (bicyclic) bond motifs is 3. The molecule has 0 saturated heterocycles. The second kappa shape index (κ2) is 7.32. The molecule has 6 aromatic carbocycles. The first-order chi connectivity index (χ1) is 17.2. The second-order valence-electron chi connectivity index (χ2n) is 9.64.